The number of fused-ring (bicyclic) bond motifs is 1. The standard InChI is InChI=1S/C10H6ClF2NOS/c11-16(15)8-3-1-2-6-4-14-5-7(9(6)8)10(12)13/h1-5,10H. The molecule has 1 aromatic heterocycles. The summed E-state index contributed by atoms with van der Waals surface area (Å²) in [5, 5.41) is 0.727. The second kappa shape index (κ2) is 4.43. The van der Waals surface area contributed by atoms with E-state index in [1.165, 1.54) is 12.3 Å². The Morgan fingerprint density at radius 1 is 1.31 bits per heavy atom. The fourth-order valence-corrected chi connectivity index (χ4v) is 2.49. The molecule has 0 N–H and O–H groups in total. The molecule has 0 amide bonds. The lowest BCUT2D eigenvalue weighted by molar-refractivity contribution is 0.152. The summed E-state index contributed by atoms with van der Waals surface area (Å²) in [6.45, 7) is 0. The van der Waals surface area contributed by atoms with Crippen molar-refractivity contribution < 1.29 is 13.0 Å². The van der Waals surface area contributed by atoms with Crippen molar-refractivity contribution in [2.75, 3.05) is 0 Å². The summed E-state index contributed by atoms with van der Waals surface area (Å²) in [7, 11) is 3.65. The van der Waals surface area contributed by atoms with E-state index < -0.39 is 16.4 Å². The van der Waals surface area contributed by atoms with E-state index in [9.17, 15) is 13.0 Å². The van der Waals surface area contributed by atoms with Crippen LogP contribution in [-0.2, 0) is 10.0 Å². The van der Waals surface area contributed by atoms with E-state index in [4.69, 9.17) is 10.7 Å². The molecule has 0 saturated heterocycles. The van der Waals surface area contributed by atoms with Gasteiger partial charge in [0, 0.05) is 28.7 Å². The monoisotopic (exact) mass is 261 g/mol. The van der Waals surface area contributed by atoms with Crippen LogP contribution in [0.25, 0.3) is 10.8 Å². The number of hydrogen-bond donors (Lipinski definition) is 0. The average molecular weight is 262 g/mol. The molecule has 0 bridgehead atoms. The van der Waals surface area contributed by atoms with Gasteiger partial charge in [0.1, 0.15) is 10.0 Å². The molecular weight excluding hydrogens is 256 g/mol. The zero-order valence-electron chi connectivity index (χ0n) is 7.86. The van der Waals surface area contributed by atoms with Crippen LogP contribution >= 0.6 is 10.7 Å². The van der Waals surface area contributed by atoms with Crippen molar-refractivity contribution in [3.05, 3.63) is 36.2 Å². The van der Waals surface area contributed by atoms with E-state index >= 15 is 0 Å². The number of aromatic nitrogens is 1. The number of pyridine rings is 1. The maximum Gasteiger partial charge on any atom is 0.265 e. The first kappa shape index (κ1) is 11.4. The zero-order chi connectivity index (χ0) is 11.7. The van der Waals surface area contributed by atoms with E-state index in [0.717, 1.165) is 6.20 Å². The highest BCUT2D eigenvalue weighted by molar-refractivity contribution is 8.08. The summed E-state index contributed by atoms with van der Waals surface area (Å²) in [5.41, 5.74) is -0.248. The average Bonchev–Trinajstić information content (AvgIpc) is 2.27. The predicted molar refractivity (Wildman–Crippen MR) is 59.0 cm³/mol. The van der Waals surface area contributed by atoms with Gasteiger partial charge in [-0.05, 0) is 16.7 Å². The van der Waals surface area contributed by atoms with Gasteiger partial charge in [-0.2, -0.15) is 0 Å². The molecule has 1 heterocycles. The Kier molecular flexibility index (Phi) is 3.16. The largest absolute Gasteiger partial charge is 0.265 e. The van der Waals surface area contributed by atoms with Crippen LogP contribution in [0.15, 0.2) is 35.5 Å². The molecule has 84 valence electrons. The molecule has 2 aromatic rings. The molecule has 1 atom stereocenters. The van der Waals surface area contributed by atoms with Crippen LogP contribution in [0.4, 0.5) is 8.78 Å². The number of hydrogen-bond acceptors (Lipinski definition) is 2. The van der Waals surface area contributed by atoms with Gasteiger partial charge < -0.3 is 0 Å². The lowest BCUT2D eigenvalue weighted by atomic mass is 10.1. The summed E-state index contributed by atoms with van der Waals surface area (Å²) in [5.74, 6) is 0. The second-order valence-corrected chi connectivity index (χ2v) is 4.83. The number of rotatable bonds is 2. The first-order valence-electron chi connectivity index (χ1n) is 4.34. The summed E-state index contributed by atoms with van der Waals surface area (Å²) >= 11 is 0. The Balaban J connectivity index is 2.87. The summed E-state index contributed by atoms with van der Waals surface area (Å²) < 4.78 is 36.8. The second-order valence-electron chi connectivity index (χ2n) is 3.11. The number of halogens is 3. The Morgan fingerprint density at radius 2 is 2.06 bits per heavy atom. The van der Waals surface area contributed by atoms with Crippen molar-refractivity contribution in [1.82, 2.24) is 4.98 Å². The molecule has 1 unspecified atom stereocenters. The van der Waals surface area contributed by atoms with Crippen LogP contribution < -0.4 is 0 Å². The fraction of sp³-hybridized carbons (Fsp3) is 0.100. The van der Waals surface area contributed by atoms with Crippen molar-refractivity contribution in [1.29, 1.82) is 0 Å². The van der Waals surface area contributed by atoms with E-state index in [1.807, 2.05) is 0 Å². The molecule has 0 radical (unpaired) electrons. The molecule has 0 fully saturated rings. The quantitative estimate of drug-likeness (QED) is 0.775. The van der Waals surface area contributed by atoms with Crippen LogP contribution in [-0.4, -0.2) is 9.19 Å². The minimum absolute atomic E-state index is 0.192. The summed E-state index contributed by atoms with van der Waals surface area (Å²) in [6, 6.07) is 4.70. The highest BCUT2D eigenvalue weighted by Gasteiger charge is 2.16. The van der Waals surface area contributed by atoms with Gasteiger partial charge in [-0.3, -0.25) is 4.98 Å². The molecule has 0 aliphatic rings. The third-order valence-corrected chi connectivity index (χ3v) is 3.37. The molecule has 0 spiro atoms. The molecular formula is C10H6ClF2NOS. The van der Waals surface area contributed by atoms with Gasteiger partial charge in [-0.1, -0.05) is 12.1 Å². The lowest BCUT2D eigenvalue weighted by Gasteiger charge is -2.07. The summed E-state index contributed by atoms with van der Waals surface area (Å²) in [6.07, 6.45) is -0.160. The zero-order valence-corrected chi connectivity index (χ0v) is 9.43. The van der Waals surface area contributed by atoms with Crippen LogP contribution in [0.2, 0.25) is 0 Å². The molecule has 2 nitrogen and oxygen atoms in total. The maximum atomic E-state index is 12.8. The van der Waals surface area contributed by atoms with E-state index in [0.29, 0.717) is 5.39 Å². The minimum Gasteiger partial charge on any atom is -0.264 e. The normalized spacial score (nSPS) is 13.2. The Bertz CT molecular complexity index is 556. The van der Waals surface area contributed by atoms with Crippen molar-refractivity contribution in [3.63, 3.8) is 0 Å². The SMILES string of the molecule is O=S(Cl)c1cccc2cncc(C(F)F)c12. The van der Waals surface area contributed by atoms with Crippen molar-refractivity contribution in [2.45, 2.75) is 11.3 Å². The number of benzene rings is 1. The summed E-state index contributed by atoms with van der Waals surface area (Å²) in [4.78, 5) is 3.90. The first-order valence-corrected chi connectivity index (χ1v) is 6.31. The Labute approximate surface area is 97.2 Å². The smallest absolute Gasteiger partial charge is 0.264 e. The molecule has 6 heteroatoms. The van der Waals surface area contributed by atoms with E-state index in [-0.39, 0.29) is 15.8 Å². The third kappa shape index (κ3) is 1.92. The van der Waals surface area contributed by atoms with Crippen molar-refractivity contribution in [2.24, 2.45) is 0 Å². The van der Waals surface area contributed by atoms with Gasteiger partial charge in [0.2, 0.25) is 0 Å². The Hall–Kier alpha value is -1.07. The predicted octanol–water partition coefficient (Wildman–Crippen LogP) is 3.43. The minimum atomic E-state index is -2.67. The van der Waals surface area contributed by atoms with Gasteiger partial charge in [0.25, 0.3) is 6.43 Å². The first-order chi connectivity index (χ1) is 7.61. The van der Waals surface area contributed by atoms with Crippen LogP contribution in [0, 0.1) is 0 Å². The van der Waals surface area contributed by atoms with Crippen LogP contribution in [0.3, 0.4) is 0 Å². The van der Waals surface area contributed by atoms with Crippen LogP contribution in [0.5, 0.6) is 0 Å². The third-order valence-electron chi connectivity index (χ3n) is 2.18. The van der Waals surface area contributed by atoms with Gasteiger partial charge in [-0.15, -0.1) is 0 Å². The van der Waals surface area contributed by atoms with E-state index in [2.05, 4.69) is 4.98 Å². The van der Waals surface area contributed by atoms with Crippen molar-refractivity contribution in [3.8, 4) is 0 Å². The number of alkyl halides is 2. The van der Waals surface area contributed by atoms with Gasteiger partial charge in [0.15, 0.2) is 0 Å². The van der Waals surface area contributed by atoms with Gasteiger partial charge in [0.05, 0.1) is 4.90 Å². The fourth-order valence-electron chi connectivity index (χ4n) is 1.53. The molecule has 1 aromatic carbocycles. The molecule has 0 saturated carbocycles. The molecule has 2 rings (SSSR count). The lowest BCUT2D eigenvalue weighted by Crippen LogP contribution is -1.93. The van der Waals surface area contributed by atoms with Gasteiger partial charge in [-0.25, -0.2) is 13.0 Å². The maximum absolute atomic E-state index is 12.8. The number of nitrogens with zero attached hydrogens (tertiary/aromatic N) is 1. The molecule has 16 heavy (non-hydrogen) atoms. The molecule has 0 aliphatic carbocycles. The molecule has 0 aliphatic heterocycles. The highest BCUT2D eigenvalue weighted by atomic mass is 35.7. The van der Waals surface area contributed by atoms with Crippen LogP contribution in [0.1, 0.15) is 12.0 Å². The topological polar surface area (TPSA) is 30.0 Å². The van der Waals surface area contributed by atoms with E-state index in [1.54, 1.807) is 12.1 Å². The van der Waals surface area contributed by atoms with Gasteiger partial charge >= 0.3 is 0 Å². The van der Waals surface area contributed by atoms with Crippen molar-refractivity contribution >= 4 is 31.5 Å². The Morgan fingerprint density at radius 3 is 2.69 bits per heavy atom. The highest BCUT2D eigenvalue weighted by Crippen LogP contribution is 2.31.